The van der Waals surface area contributed by atoms with Crippen molar-refractivity contribution in [2.24, 2.45) is 0 Å². The number of hydrogen-bond donors (Lipinski definition) is 1. The van der Waals surface area contributed by atoms with Gasteiger partial charge in [-0.1, -0.05) is 48.5 Å². The van der Waals surface area contributed by atoms with E-state index >= 15 is 0 Å². The van der Waals surface area contributed by atoms with Crippen LogP contribution in [-0.4, -0.2) is 13.2 Å². The fraction of sp³-hybridized carbons (Fsp3) is 0.0500. The van der Waals surface area contributed by atoms with Gasteiger partial charge in [-0.15, -0.1) is 0 Å². The lowest BCUT2D eigenvalue weighted by Crippen LogP contribution is -2.12. The summed E-state index contributed by atoms with van der Waals surface area (Å²) in [6, 6.07) is 28.8. The van der Waals surface area contributed by atoms with E-state index in [0.717, 1.165) is 10.6 Å². The largest absolute Gasteiger partial charge is 0.673 e. The molecule has 1 amide bonds. The van der Waals surface area contributed by atoms with E-state index in [4.69, 9.17) is 0 Å². The quantitative estimate of drug-likeness (QED) is 0.319. The van der Waals surface area contributed by atoms with Crippen LogP contribution in [-0.2, 0) is 15.7 Å². The van der Waals surface area contributed by atoms with Crippen molar-refractivity contribution in [2.45, 2.75) is 21.6 Å². The van der Waals surface area contributed by atoms with Crippen LogP contribution in [0.1, 0.15) is 6.92 Å². The van der Waals surface area contributed by atoms with Crippen molar-refractivity contribution in [3.8, 4) is 0 Å². The van der Waals surface area contributed by atoms with Gasteiger partial charge in [-0.2, -0.15) is 0 Å². The molecule has 2 nitrogen and oxygen atoms in total. The van der Waals surface area contributed by atoms with Crippen LogP contribution in [0.3, 0.4) is 0 Å². The second kappa shape index (κ2) is 9.99. The van der Waals surface area contributed by atoms with Crippen LogP contribution in [0.5, 0.6) is 0 Å². The van der Waals surface area contributed by atoms with Gasteiger partial charge in [0.1, 0.15) is 10.9 Å². The predicted molar refractivity (Wildman–Crippen MR) is 106 cm³/mol. The number of carbonyl (C=O) groups excluding carboxylic acids is 1. The lowest BCUT2D eigenvalue weighted by molar-refractivity contribution is -0.114. The molecule has 0 bridgehead atoms. The molecule has 0 spiro atoms. The average Bonchev–Trinajstić information content (AvgIpc) is 2.63. The SMILES string of the molecule is CC(=O)Nc1ccccc1[S+](c1ccccc1)c1ccccc1.F[B-](F)(F)F. The Morgan fingerprint density at radius 3 is 1.57 bits per heavy atom. The maximum atomic E-state index is 11.6. The molecule has 3 aromatic rings. The first kappa shape index (κ1) is 21.6. The van der Waals surface area contributed by atoms with E-state index in [1.54, 1.807) is 6.92 Å². The zero-order chi connectivity index (χ0) is 20.6. The van der Waals surface area contributed by atoms with Crippen molar-refractivity contribution in [2.75, 3.05) is 5.32 Å². The van der Waals surface area contributed by atoms with Crippen LogP contribution in [0.4, 0.5) is 23.0 Å². The van der Waals surface area contributed by atoms with E-state index in [9.17, 15) is 22.1 Å². The second-order valence-corrected chi connectivity index (χ2v) is 7.60. The number of carbonyl (C=O) groups is 1. The molecule has 3 aromatic carbocycles. The summed E-state index contributed by atoms with van der Waals surface area (Å²) < 4.78 is 39.0. The van der Waals surface area contributed by atoms with Crippen LogP contribution in [0.2, 0.25) is 0 Å². The second-order valence-electron chi connectivity index (χ2n) is 5.60. The van der Waals surface area contributed by atoms with Crippen LogP contribution < -0.4 is 5.32 Å². The first-order valence-electron chi connectivity index (χ1n) is 8.34. The molecule has 0 unspecified atom stereocenters. The summed E-state index contributed by atoms with van der Waals surface area (Å²) in [7, 11) is -6.26. The van der Waals surface area contributed by atoms with Crippen molar-refractivity contribution in [1.29, 1.82) is 0 Å². The van der Waals surface area contributed by atoms with Gasteiger partial charge in [0.2, 0.25) is 5.91 Å². The number of para-hydroxylation sites is 1. The molecule has 0 saturated carbocycles. The van der Waals surface area contributed by atoms with Crippen molar-refractivity contribution in [1.82, 2.24) is 0 Å². The first-order chi connectivity index (χ1) is 13.3. The van der Waals surface area contributed by atoms with Gasteiger partial charge in [0.15, 0.2) is 14.7 Å². The average molecular weight is 407 g/mol. The van der Waals surface area contributed by atoms with Crippen LogP contribution >= 0.6 is 0 Å². The van der Waals surface area contributed by atoms with E-state index in [1.807, 2.05) is 30.3 Å². The summed E-state index contributed by atoms with van der Waals surface area (Å²) in [6.45, 7) is 1.54. The molecule has 0 aliphatic carbocycles. The highest BCUT2D eigenvalue weighted by Crippen LogP contribution is 2.35. The Morgan fingerprint density at radius 1 is 0.750 bits per heavy atom. The summed E-state index contributed by atoms with van der Waals surface area (Å²) in [5.74, 6) is -0.0536. The molecule has 1 N–H and O–H groups in total. The maximum Gasteiger partial charge on any atom is 0.673 e. The third kappa shape index (κ3) is 7.11. The fourth-order valence-corrected chi connectivity index (χ4v) is 4.63. The number of hydrogen-bond acceptors (Lipinski definition) is 1. The van der Waals surface area contributed by atoms with Gasteiger partial charge in [-0.25, -0.2) is 0 Å². The molecule has 28 heavy (non-hydrogen) atoms. The van der Waals surface area contributed by atoms with Crippen LogP contribution in [0.15, 0.2) is 99.6 Å². The molecule has 0 aromatic heterocycles. The summed E-state index contributed by atoms with van der Waals surface area (Å²) >= 11 is 0. The molecule has 0 fully saturated rings. The number of anilines is 1. The summed E-state index contributed by atoms with van der Waals surface area (Å²) in [4.78, 5) is 15.1. The summed E-state index contributed by atoms with van der Waals surface area (Å²) in [5.41, 5.74) is 0.871. The molecule has 0 atom stereocenters. The third-order valence-electron chi connectivity index (χ3n) is 3.38. The third-order valence-corrected chi connectivity index (χ3v) is 5.66. The molecule has 8 heteroatoms. The molecule has 146 valence electrons. The highest BCUT2D eigenvalue weighted by atomic mass is 32.2. The first-order valence-corrected chi connectivity index (χ1v) is 9.56. The van der Waals surface area contributed by atoms with Gasteiger partial charge in [-0.05, 0) is 36.4 Å². The van der Waals surface area contributed by atoms with Gasteiger partial charge in [0.05, 0.1) is 5.69 Å². The van der Waals surface area contributed by atoms with Gasteiger partial charge < -0.3 is 22.6 Å². The summed E-state index contributed by atoms with van der Waals surface area (Å²) in [5, 5.41) is 2.96. The van der Waals surface area contributed by atoms with E-state index in [0.29, 0.717) is 0 Å². The van der Waals surface area contributed by atoms with Crippen molar-refractivity contribution in [3.05, 3.63) is 84.9 Å². The Kier molecular flexibility index (Phi) is 7.69. The Morgan fingerprint density at radius 2 is 1.14 bits per heavy atom. The minimum Gasteiger partial charge on any atom is -0.418 e. The van der Waals surface area contributed by atoms with Crippen molar-refractivity contribution in [3.63, 3.8) is 0 Å². The monoisotopic (exact) mass is 407 g/mol. The Labute approximate surface area is 164 Å². The van der Waals surface area contributed by atoms with E-state index in [1.165, 1.54) is 9.79 Å². The van der Waals surface area contributed by atoms with E-state index in [-0.39, 0.29) is 16.8 Å². The van der Waals surface area contributed by atoms with E-state index in [2.05, 4.69) is 59.9 Å². The maximum absolute atomic E-state index is 11.6. The Balaban J connectivity index is 0.000000500. The topological polar surface area (TPSA) is 29.1 Å². The molecule has 0 saturated heterocycles. The van der Waals surface area contributed by atoms with Crippen molar-refractivity contribution < 1.29 is 22.1 Å². The number of nitrogens with one attached hydrogen (secondary N) is 1. The molecule has 0 radical (unpaired) electrons. The number of amides is 1. The lowest BCUT2D eigenvalue weighted by atomic mass is 10.3. The van der Waals surface area contributed by atoms with Crippen LogP contribution in [0.25, 0.3) is 0 Å². The molecule has 0 aliphatic heterocycles. The highest BCUT2D eigenvalue weighted by molar-refractivity contribution is 7.97. The zero-order valence-electron chi connectivity index (χ0n) is 15.0. The normalized spacial score (nSPS) is 10.8. The van der Waals surface area contributed by atoms with Crippen molar-refractivity contribution >= 4 is 29.7 Å². The molecular weight excluding hydrogens is 389 g/mol. The van der Waals surface area contributed by atoms with Gasteiger partial charge in [0, 0.05) is 6.92 Å². The lowest BCUT2D eigenvalue weighted by Gasteiger charge is -2.12. The van der Waals surface area contributed by atoms with Gasteiger partial charge in [0.25, 0.3) is 0 Å². The molecular formula is C20H18BF4NOS. The van der Waals surface area contributed by atoms with Crippen LogP contribution in [0, 0.1) is 0 Å². The predicted octanol–water partition coefficient (Wildman–Crippen LogP) is 6.04. The smallest absolute Gasteiger partial charge is 0.418 e. The Bertz CT molecular complexity index is 846. The van der Waals surface area contributed by atoms with Gasteiger partial charge in [-0.3, -0.25) is 4.79 Å². The number of rotatable bonds is 4. The molecule has 0 aliphatic rings. The standard InChI is InChI=1S/C20H17NOS.BF4/c1-16(22)21-19-14-8-9-15-20(19)23(17-10-4-2-5-11-17)18-12-6-3-7-13-18;2-1(3,4)5/h2-15H,1H3;/q;-1/p+1. The number of benzene rings is 3. The summed E-state index contributed by atoms with van der Waals surface area (Å²) in [6.07, 6.45) is 0. The molecule has 3 rings (SSSR count). The Hall–Kier alpha value is -2.74. The van der Waals surface area contributed by atoms with Gasteiger partial charge >= 0.3 is 7.25 Å². The minimum atomic E-state index is -6.00. The number of halogens is 4. The highest BCUT2D eigenvalue weighted by Gasteiger charge is 2.31. The molecule has 0 heterocycles. The fourth-order valence-electron chi connectivity index (χ4n) is 2.44. The zero-order valence-corrected chi connectivity index (χ0v) is 15.8. The van der Waals surface area contributed by atoms with E-state index < -0.39 is 7.25 Å². The minimum absolute atomic E-state index is 0.0536.